The molecule has 1 aliphatic carbocycles. The van der Waals surface area contributed by atoms with Crippen LogP contribution in [0, 0.1) is 11.8 Å². The predicted molar refractivity (Wildman–Crippen MR) is 60.3 cm³/mol. The Bertz CT molecular complexity index is 263. The Balaban J connectivity index is 2.00. The predicted octanol–water partition coefficient (Wildman–Crippen LogP) is 1.21. The molecule has 0 aromatic heterocycles. The van der Waals surface area contributed by atoms with E-state index in [-0.39, 0.29) is 12.0 Å². The van der Waals surface area contributed by atoms with Crippen LogP contribution in [0.2, 0.25) is 0 Å². The van der Waals surface area contributed by atoms with Crippen molar-refractivity contribution in [3.63, 3.8) is 0 Å². The van der Waals surface area contributed by atoms with E-state index >= 15 is 0 Å². The average Bonchev–Trinajstić information content (AvgIpc) is 2.65. The van der Waals surface area contributed by atoms with Gasteiger partial charge in [0, 0.05) is 12.1 Å². The van der Waals surface area contributed by atoms with Gasteiger partial charge >= 0.3 is 5.97 Å². The fourth-order valence-corrected chi connectivity index (χ4v) is 3.00. The van der Waals surface area contributed by atoms with Crippen molar-refractivity contribution in [2.24, 2.45) is 11.8 Å². The first-order valence-electron chi connectivity index (χ1n) is 6.19. The average molecular weight is 227 g/mol. The van der Waals surface area contributed by atoms with Crippen molar-refractivity contribution < 1.29 is 14.6 Å². The lowest BCUT2D eigenvalue weighted by molar-refractivity contribution is -0.143. The van der Waals surface area contributed by atoms with E-state index in [4.69, 9.17) is 9.84 Å². The van der Waals surface area contributed by atoms with E-state index in [9.17, 15) is 4.79 Å². The highest BCUT2D eigenvalue weighted by Crippen LogP contribution is 2.34. The second-order valence-electron chi connectivity index (χ2n) is 5.11. The van der Waals surface area contributed by atoms with Crippen LogP contribution in [0.3, 0.4) is 0 Å². The van der Waals surface area contributed by atoms with Gasteiger partial charge in [0.1, 0.15) is 0 Å². The molecule has 1 saturated carbocycles. The van der Waals surface area contributed by atoms with Crippen LogP contribution in [0.4, 0.5) is 0 Å². The van der Waals surface area contributed by atoms with Gasteiger partial charge in [-0.25, -0.2) is 0 Å². The molecular formula is C12H21NO3. The molecule has 1 heterocycles. The maximum atomic E-state index is 11.1. The van der Waals surface area contributed by atoms with Gasteiger partial charge in [0.15, 0.2) is 0 Å². The number of aliphatic carboxylic acids is 1. The Morgan fingerprint density at radius 2 is 2.12 bits per heavy atom. The van der Waals surface area contributed by atoms with Gasteiger partial charge in [0.2, 0.25) is 0 Å². The van der Waals surface area contributed by atoms with E-state index in [1.807, 2.05) is 0 Å². The van der Waals surface area contributed by atoms with Crippen LogP contribution >= 0.6 is 0 Å². The molecular weight excluding hydrogens is 206 g/mol. The minimum Gasteiger partial charge on any atom is -0.481 e. The van der Waals surface area contributed by atoms with E-state index in [0.29, 0.717) is 19.3 Å². The standard InChI is InChI=1S/C12H21NO3/c1-3-13(9-4-8(2)5-9)11-7-16-6-10(11)12(14)15/h8-11H,3-7H2,1-2H3,(H,14,15). The Labute approximate surface area is 96.6 Å². The van der Waals surface area contributed by atoms with Crippen LogP contribution in [0.1, 0.15) is 26.7 Å². The van der Waals surface area contributed by atoms with Crippen molar-refractivity contribution in [1.82, 2.24) is 4.90 Å². The molecule has 4 nitrogen and oxygen atoms in total. The first-order valence-corrected chi connectivity index (χ1v) is 6.19. The van der Waals surface area contributed by atoms with Crippen molar-refractivity contribution >= 4 is 5.97 Å². The molecule has 0 spiro atoms. The molecule has 2 unspecified atom stereocenters. The molecule has 2 rings (SSSR count). The molecule has 0 bridgehead atoms. The molecule has 2 atom stereocenters. The molecule has 1 N–H and O–H groups in total. The summed E-state index contributed by atoms with van der Waals surface area (Å²) < 4.78 is 5.34. The first kappa shape index (κ1) is 11.9. The fourth-order valence-electron chi connectivity index (χ4n) is 3.00. The van der Waals surface area contributed by atoms with Crippen molar-refractivity contribution in [2.75, 3.05) is 19.8 Å². The number of nitrogens with zero attached hydrogens (tertiary/aromatic N) is 1. The largest absolute Gasteiger partial charge is 0.481 e. The highest BCUT2D eigenvalue weighted by Gasteiger charge is 2.42. The quantitative estimate of drug-likeness (QED) is 0.784. The lowest BCUT2D eigenvalue weighted by atomic mass is 9.79. The number of carboxylic acids is 1. The summed E-state index contributed by atoms with van der Waals surface area (Å²) in [6.07, 6.45) is 2.41. The van der Waals surface area contributed by atoms with Gasteiger partial charge in [-0.3, -0.25) is 9.69 Å². The van der Waals surface area contributed by atoms with Crippen LogP contribution < -0.4 is 0 Å². The number of hydrogen-bond donors (Lipinski definition) is 1. The van der Waals surface area contributed by atoms with Gasteiger partial charge in [-0.05, 0) is 25.3 Å². The summed E-state index contributed by atoms with van der Waals surface area (Å²) in [6, 6.07) is 0.661. The highest BCUT2D eigenvalue weighted by atomic mass is 16.5. The molecule has 0 amide bonds. The van der Waals surface area contributed by atoms with Crippen molar-refractivity contribution in [1.29, 1.82) is 0 Å². The van der Waals surface area contributed by atoms with Crippen LogP contribution in [-0.4, -0.2) is 47.8 Å². The van der Waals surface area contributed by atoms with E-state index in [1.54, 1.807) is 0 Å². The van der Waals surface area contributed by atoms with Crippen LogP contribution in [-0.2, 0) is 9.53 Å². The lowest BCUT2D eigenvalue weighted by Gasteiger charge is -2.44. The van der Waals surface area contributed by atoms with Crippen LogP contribution in [0.25, 0.3) is 0 Å². The van der Waals surface area contributed by atoms with Gasteiger partial charge in [0.05, 0.1) is 19.1 Å². The SMILES string of the molecule is CCN(C1CC(C)C1)C1COCC1C(=O)O. The molecule has 1 aliphatic heterocycles. The molecule has 2 aliphatic rings. The number of likely N-dealkylation sites (N-methyl/N-ethyl adjacent to an activating group) is 1. The van der Waals surface area contributed by atoms with E-state index in [0.717, 1.165) is 12.5 Å². The minimum absolute atomic E-state index is 0.0833. The minimum atomic E-state index is -0.715. The van der Waals surface area contributed by atoms with Crippen molar-refractivity contribution in [3.05, 3.63) is 0 Å². The third-order valence-electron chi connectivity index (χ3n) is 3.98. The third kappa shape index (κ3) is 2.09. The normalized spacial score (nSPS) is 38.7. The monoisotopic (exact) mass is 227 g/mol. The number of carbonyl (C=O) groups is 1. The van der Waals surface area contributed by atoms with E-state index in [1.165, 1.54) is 12.8 Å². The van der Waals surface area contributed by atoms with Crippen molar-refractivity contribution in [3.8, 4) is 0 Å². The molecule has 0 aromatic carbocycles. The van der Waals surface area contributed by atoms with E-state index in [2.05, 4.69) is 18.7 Å². The molecule has 4 heteroatoms. The first-order chi connectivity index (χ1) is 7.63. The molecule has 1 saturated heterocycles. The third-order valence-corrected chi connectivity index (χ3v) is 3.98. The summed E-state index contributed by atoms with van der Waals surface area (Å²) in [4.78, 5) is 13.5. The Kier molecular flexibility index (Phi) is 3.50. The van der Waals surface area contributed by atoms with Gasteiger partial charge < -0.3 is 9.84 Å². The summed E-state index contributed by atoms with van der Waals surface area (Å²) in [5, 5.41) is 9.15. The molecule has 92 valence electrons. The van der Waals surface area contributed by atoms with E-state index < -0.39 is 5.97 Å². The van der Waals surface area contributed by atoms with Gasteiger partial charge in [0.25, 0.3) is 0 Å². The maximum Gasteiger partial charge on any atom is 0.310 e. The summed E-state index contributed by atoms with van der Waals surface area (Å²) in [5.74, 6) is -0.256. The summed E-state index contributed by atoms with van der Waals surface area (Å²) in [7, 11) is 0. The summed E-state index contributed by atoms with van der Waals surface area (Å²) >= 11 is 0. The topological polar surface area (TPSA) is 49.8 Å². The van der Waals surface area contributed by atoms with Gasteiger partial charge in [-0.1, -0.05) is 13.8 Å². The molecule has 16 heavy (non-hydrogen) atoms. The number of carboxylic acid groups (broad SMARTS) is 1. The molecule has 2 fully saturated rings. The maximum absolute atomic E-state index is 11.1. The smallest absolute Gasteiger partial charge is 0.310 e. The summed E-state index contributed by atoms with van der Waals surface area (Å²) in [6.45, 7) is 6.24. The fraction of sp³-hybridized carbons (Fsp3) is 0.917. The van der Waals surface area contributed by atoms with Crippen LogP contribution in [0.15, 0.2) is 0 Å². The second kappa shape index (κ2) is 4.72. The number of hydrogen-bond acceptors (Lipinski definition) is 3. The summed E-state index contributed by atoms with van der Waals surface area (Å²) in [5.41, 5.74) is 0. The Hall–Kier alpha value is -0.610. The molecule has 0 radical (unpaired) electrons. The second-order valence-corrected chi connectivity index (χ2v) is 5.11. The zero-order chi connectivity index (χ0) is 11.7. The zero-order valence-corrected chi connectivity index (χ0v) is 10.1. The highest BCUT2D eigenvalue weighted by molar-refractivity contribution is 5.71. The van der Waals surface area contributed by atoms with Gasteiger partial charge in [-0.2, -0.15) is 0 Å². The Morgan fingerprint density at radius 1 is 1.44 bits per heavy atom. The number of ether oxygens (including phenoxy) is 1. The number of rotatable bonds is 4. The van der Waals surface area contributed by atoms with Crippen LogP contribution in [0.5, 0.6) is 0 Å². The Morgan fingerprint density at radius 3 is 2.62 bits per heavy atom. The van der Waals surface area contributed by atoms with Crippen molar-refractivity contribution in [2.45, 2.75) is 38.8 Å². The van der Waals surface area contributed by atoms with Gasteiger partial charge in [-0.15, -0.1) is 0 Å². The zero-order valence-electron chi connectivity index (χ0n) is 10.1. The molecule has 0 aromatic rings. The lowest BCUT2D eigenvalue weighted by Crippen LogP contribution is -2.52.